The lowest BCUT2D eigenvalue weighted by atomic mass is 10.1. The summed E-state index contributed by atoms with van der Waals surface area (Å²) in [7, 11) is 0. The van der Waals surface area contributed by atoms with E-state index in [9.17, 15) is 9.59 Å². The molecule has 7 rings (SSSR count). The topological polar surface area (TPSA) is 82.7 Å². The molecule has 0 unspecified atom stereocenters. The van der Waals surface area contributed by atoms with E-state index in [4.69, 9.17) is 15.0 Å². The van der Waals surface area contributed by atoms with Gasteiger partial charge in [0, 0.05) is 22.4 Å². The van der Waals surface area contributed by atoms with Crippen molar-refractivity contribution >= 4 is 11.0 Å². The van der Waals surface area contributed by atoms with Crippen molar-refractivity contribution in [2.45, 2.75) is 0 Å². The molecule has 0 aliphatic heterocycles. The molecule has 200 valence electrons. The molecule has 5 aromatic carbocycles. The Morgan fingerprint density at radius 1 is 0.381 bits per heavy atom. The molecule has 0 aliphatic carbocycles. The van der Waals surface area contributed by atoms with Gasteiger partial charge in [0.1, 0.15) is 0 Å². The highest BCUT2D eigenvalue weighted by Gasteiger charge is 2.17. The fourth-order valence-electron chi connectivity index (χ4n) is 5.06. The zero-order chi connectivity index (χ0) is 28.5. The molecule has 0 N–H and O–H groups in total. The molecule has 0 saturated carbocycles. The largest absolute Gasteiger partial charge is 0.321 e. The number of aromatic nitrogens is 5. The Morgan fingerprint density at radius 3 is 1.29 bits per heavy atom. The minimum atomic E-state index is -0.653. The predicted molar refractivity (Wildman–Crippen MR) is 165 cm³/mol. The first kappa shape index (κ1) is 25.0. The zero-order valence-corrected chi connectivity index (χ0v) is 22.3. The molecule has 2 heterocycles. The smallest absolute Gasteiger partial charge is 0.271 e. The Balaban J connectivity index is 1.43. The van der Waals surface area contributed by atoms with Crippen molar-refractivity contribution in [2.24, 2.45) is 0 Å². The zero-order valence-electron chi connectivity index (χ0n) is 22.3. The number of nitrogens with zero attached hydrogens (tertiary/aromatic N) is 5. The Kier molecular flexibility index (Phi) is 6.29. The summed E-state index contributed by atoms with van der Waals surface area (Å²) in [5.41, 5.74) is 3.52. The highest BCUT2D eigenvalue weighted by atomic mass is 16.2. The van der Waals surface area contributed by atoms with Gasteiger partial charge in [-0.2, -0.15) is 0 Å². The van der Waals surface area contributed by atoms with Gasteiger partial charge in [-0.05, 0) is 36.4 Å². The Hall–Kier alpha value is -5.95. The number of rotatable bonds is 5. The van der Waals surface area contributed by atoms with Crippen molar-refractivity contribution in [1.29, 1.82) is 0 Å². The summed E-state index contributed by atoms with van der Waals surface area (Å²) >= 11 is 0. The maximum absolute atomic E-state index is 13.7. The molecule has 7 heteroatoms. The van der Waals surface area contributed by atoms with Gasteiger partial charge in [-0.25, -0.2) is 15.0 Å². The number of hydrogen-bond acceptors (Lipinski definition) is 5. The lowest BCUT2D eigenvalue weighted by Gasteiger charge is -2.16. The summed E-state index contributed by atoms with van der Waals surface area (Å²) in [6.45, 7) is 0. The van der Waals surface area contributed by atoms with E-state index in [0.717, 1.165) is 11.1 Å². The van der Waals surface area contributed by atoms with Crippen LogP contribution in [0, 0.1) is 0 Å². The average molecular weight is 546 g/mol. The monoisotopic (exact) mass is 545 g/mol. The van der Waals surface area contributed by atoms with Gasteiger partial charge in [0.25, 0.3) is 0 Å². The van der Waals surface area contributed by atoms with Crippen LogP contribution in [0.25, 0.3) is 56.6 Å². The fraction of sp³-hybridized carbons (Fsp3) is 0. The SMILES string of the molecule is O=c1c(=O)n(-c2cccc(-c3nc(-c4ccccc4)nc(-c4ccccc4)n3)c2)c2ccccc2n1-c1ccccc1. The van der Waals surface area contributed by atoms with Crippen molar-refractivity contribution in [2.75, 3.05) is 0 Å². The third-order valence-corrected chi connectivity index (χ3v) is 7.03. The molecule has 7 aromatic rings. The number of fused-ring (bicyclic) bond motifs is 1. The lowest BCUT2D eigenvalue weighted by molar-refractivity contribution is 0.918. The summed E-state index contributed by atoms with van der Waals surface area (Å²) in [6.07, 6.45) is 0. The average Bonchev–Trinajstić information content (AvgIpc) is 3.06. The third kappa shape index (κ3) is 4.49. The Bertz CT molecular complexity index is 2120. The van der Waals surface area contributed by atoms with Crippen LogP contribution in [0.1, 0.15) is 0 Å². The summed E-state index contributed by atoms with van der Waals surface area (Å²) in [6, 6.07) is 43.4. The lowest BCUT2D eigenvalue weighted by Crippen LogP contribution is -2.40. The highest BCUT2D eigenvalue weighted by molar-refractivity contribution is 5.79. The second kappa shape index (κ2) is 10.6. The summed E-state index contributed by atoms with van der Waals surface area (Å²) < 4.78 is 2.92. The van der Waals surface area contributed by atoms with E-state index in [2.05, 4.69) is 0 Å². The molecule has 42 heavy (non-hydrogen) atoms. The summed E-state index contributed by atoms with van der Waals surface area (Å²) in [5, 5.41) is 0. The van der Waals surface area contributed by atoms with Crippen molar-refractivity contribution < 1.29 is 0 Å². The quantitative estimate of drug-likeness (QED) is 0.236. The first-order valence-electron chi connectivity index (χ1n) is 13.5. The molecular weight excluding hydrogens is 522 g/mol. The van der Waals surface area contributed by atoms with Crippen LogP contribution < -0.4 is 11.1 Å². The van der Waals surface area contributed by atoms with Crippen LogP contribution in [0.2, 0.25) is 0 Å². The number of hydrogen-bond donors (Lipinski definition) is 0. The van der Waals surface area contributed by atoms with Crippen LogP contribution in [-0.2, 0) is 0 Å². The van der Waals surface area contributed by atoms with Gasteiger partial charge in [-0.3, -0.25) is 18.7 Å². The van der Waals surface area contributed by atoms with Gasteiger partial charge in [-0.1, -0.05) is 103 Å². The third-order valence-electron chi connectivity index (χ3n) is 7.03. The molecule has 2 aromatic heterocycles. The van der Waals surface area contributed by atoms with E-state index < -0.39 is 11.1 Å². The van der Waals surface area contributed by atoms with E-state index in [1.807, 2.05) is 133 Å². The predicted octanol–water partition coefficient (Wildman–Crippen LogP) is 6.33. The molecule has 0 atom stereocenters. The molecular formula is C35H23N5O2. The normalized spacial score (nSPS) is 11.0. The maximum Gasteiger partial charge on any atom is 0.321 e. The molecule has 0 aliphatic rings. The van der Waals surface area contributed by atoms with Gasteiger partial charge < -0.3 is 0 Å². The number of para-hydroxylation sites is 3. The first-order chi connectivity index (χ1) is 20.7. The first-order valence-corrected chi connectivity index (χ1v) is 13.5. The van der Waals surface area contributed by atoms with E-state index in [0.29, 0.717) is 45.4 Å². The molecule has 0 spiro atoms. The van der Waals surface area contributed by atoms with Crippen molar-refractivity contribution in [3.8, 4) is 45.5 Å². The second-order valence-corrected chi connectivity index (χ2v) is 9.69. The van der Waals surface area contributed by atoms with Crippen LogP contribution in [0.4, 0.5) is 0 Å². The van der Waals surface area contributed by atoms with E-state index in [1.54, 1.807) is 6.07 Å². The summed E-state index contributed by atoms with van der Waals surface area (Å²) in [5.74, 6) is 1.54. The standard InChI is InChI=1S/C35H23N5O2/c41-34-35(42)40(30-22-11-10-21-29(30)39(34)27-18-8-3-9-19-27)28-20-12-17-26(23-28)33-37-31(24-13-4-1-5-14-24)36-32(38-33)25-15-6-2-7-16-25/h1-23H. The van der Waals surface area contributed by atoms with Crippen LogP contribution in [0.15, 0.2) is 149 Å². The molecule has 0 bridgehead atoms. The highest BCUT2D eigenvalue weighted by Crippen LogP contribution is 2.26. The molecule has 0 fully saturated rings. The Labute approximate surface area is 240 Å². The van der Waals surface area contributed by atoms with E-state index in [1.165, 1.54) is 9.13 Å². The van der Waals surface area contributed by atoms with E-state index in [-0.39, 0.29) is 0 Å². The molecule has 0 radical (unpaired) electrons. The molecule has 7 nitrogen and oxygen atoms in total. The minimum absolute atomic E-state index is 0.458. The van der Waals surface area contributed by atoms with Crippen molar-refractivity contribution in [3.63, 3.8) is 0 Å². The Morgan fingerprint density at radius 2 is 0.762 bits per heavy atom. The van der Waals surface area contributed by atoms with Crippen LogP contribution in [0.5, 0.6) is 0 Å². The van der Waals surface area contributed by atoms with Crippen LogP contribution in [-0.4, -0.2) is 24.1 Å². The van der Waals surface area contributed by atoms with E-state index >= 15 is 0 Å². The van der Waals surface area contributed by atoms with Gasteiger partial charge in [0.05, 0.1) is 16.7 Å². The second-order valence-electron chi connectivity index (χ2n) is 9.69. The van der Waals surface area contributed by atoms with Crippen LogP contribution >= 0.6 is 0 Å². The minimum Gasteiger partial charge on any atom is -0.271 e. The fourth-order valence-corrected chi connectivity index (χ4v) is 5.06. The maximum atomic E-state index is 13.7. The summed E-state index contributed by atoms with van der Waals surface area (Å²) in [4.78, 5) is 41.6. The van der Waals surface area contributed by atoms with Crippen molar-refractivity contribution in [3.05, 3.63) is 160 Å². The molecule has 0 amide bonds. The van der Waals surface area contributed by atoms with Crippen LogP contribution in [0.3, 0.4) is 0 Å². The van der Waals surface area contributed by atoms with Crippen molar-refractivity contribution in [1.82, 2.24) is 24.1 Å². The van der Waals surface area contributed by atoms with Gasteiger partial charge in [0.15, 0.2) is 17.5 Å². The van der Waals surface area contributed by atoms with Gasteiger partial charge in [-0.15, -0.1) is 0 Å². The number of benzene rings is 5. The van der Waals surface area contributed by atoms with Gasteiger partial charge in [0.2, 0.25) is 0 Å². The molecule has 0 saturated heterocycles. The van der Waals surface area contributed by atoms with Gasteiger partial charge >= 0.3 is 11.1 Å².